The van der Waals surface area contributed by atoms with E-state index in [4.69, 9.17) is 19.5 Å². The third-order valence-corrected chi connectivity index (χ3v) is 3.86. The molecular weight excluding hydrogens is 302 g/mol. The monoisotopic (exact) mass is 325 g/mol. The highest BCUT2D eigenvalue weighted by Gasteiger charge is 2.15. The molecule has 24 heavy (non-hydrogen) atoms. The Bertz CT molecular complexity index is 689. The summed E-state index contributed by atoms with van der Waals surface area (Å²) in [7, 11) is 3.22. The van der Waals surface area contributed by atoms with Crippen molar-refractivity contribution in [1.29, 1.82) is 5.26 Å². The lowest BCUT2D eigenvalue weighted by Gasteiger charge is -2.20. The van der Waals surface area contributed by atoms with Crippen LogP contribution in [0.1, 0.15) is 43.4 Å². The molecule has 0 N–H and O–H groups in total. The van der Waals surface area contributed by atoms with E-state index in [1.165, 1.54) is 0 Å². The molecule has 2 aromatic rings. The average Bonchev–Trinajstić information content (AvgIpc) is 2.65. The second kappa shape index (κ2) is 8.83. The maximum absolute atomic E-state index is 8.94. The first-order chi connectivity index (χ1) is 11.7. The van der Waals surface area contributed by atoms with Gasteiger partial charge in [0.1, 0.15) is 11.9 Å². The molecule has 0 spiro atoms. The molecule has 2 aromatic carbocycles. The number of hydrogen-bond acceptors (Lipinski definition) is 4. The van der Waals surface area contributed by atoms with Crippen LogP contribution in [0.15, 0.2) is 42.5 Å². The molecule has 0 amide bonds. The third-order valence-electron chi connectivity index (χ3n) is 3.86. The van der Waals surface area contributed by atoms with Crippen molar-refractivity contribution in [2.45, 2.75) is 32.3 Å². The minimum Gasteiger partial charge on any atom is -0.493 e. The van der Waals surface area contributed by atoms with Gasteiger partial charge in [0.2, 0.25) is 0 Å². The van der Waals surface area contributed by atoms with Crippen molar-refractivity contribution in [3.8, 4) is 23.3 Å². The highest BCUT2D eigenvalue weighted by molar-refractivity contribution is 5.45. The van der Waals surface area contributed by atoms with Crippen molar-refractivity contribution in [1.82, 2.24) is 0 Å². The van der Waals surface area contributed by atoms with Crippen LogP contribution < -0.4 is 14.2 Å². The summed E-state index contributed by atoms with van der Waals surface area (Å²) in [6, 6.07) is 15.3. The number of benzene rings is 2. The topological polar surface area (TPSA) is 51.5 Å². The predicted molar refractivity (Wildman–Crippen MR) is 93.6 cm³/mol. The number of rotatable bonds is 8. The van der Waals surface area contributed by atoms with E-state index in [1.54, 1.807) is 14.2 Å². The van der Waals surface area contributed by atoms with Crippen molar-refractivity contribution >= 4 is 0 Å². The van der Waals surface area contributed by atoms with E-state index >= 15 is 0 Å². The van der Waals surface area contributed by atoms with Gasteiger partial charge < -0.3 is 14.2 Å². The Morgan fingerprint density at radius 3 is 2.29 bits per heavy atom. The van der Waals surface area contributed by atoms with Crippen molar-refractivity contribution in [3.05, 3.63) is 53.6 Å². The normalized spacial score (nSPS) is 11.4. The molecule has 0 fully saturated rings. The van der Waals surface area contributed by atoms with Crippen molar-refractivity contribution in [2.75, 3.05) is 14.2 Å². The van der Waals surface area contributed by atoms with Crippen molar-refractivity contribution < 1.29 is 14.2 Å². The second-order valence-electron chi connectivity index (χ2n) is 5.50. The van der Waals surface area contributed by atoms with Crippen LogP contribution >= 0.6 is 0 Å². The van der Waals surface area contributed by atoms with Gasteiger partial charge in [-0.3, -0.25) is 0 Å². The van der Waals surface area contributed by atoms with E-state index in [-0.39, 0.29) is 6.10 Å². The predicted octanol–water partition coefficient (Wildman–Crippen LogP) is 4.89. The molecule has 4 nitrogen and oxygen atoms in total. The number of nitriles is 1. The summed E-state index contributed by atoms with van der Waals surface area (Å²) in [4.78, 5) is 0. The zero-order chi connectivity index (χ0) is 17.4. The van der Waals surface area contributed by atoms with Gasteiger partial charge in [0.05, 0.1) is 25.9 Å². The summed E-state index contributed by atoms with van der Waals surface area (Å²) >= 11 is 0. The average molecular weight is 325 g/mol. The first-order valence-corrected chi connectivity index (χ1v) is 8.10. The van der Waals surface area contributed by atoms with Crippen LogP contribution in [0.2, 0.25) is 0 Å². The van der Waals surface area contributed by atoms with Gasteiger partial charge in [-0.15, -0.1) is 0 Å². The Morgan fingerprint density at radius 2 is 1.71 bits per heavy atom. The molecule has 0 aromatic heterocycles. The van der Waals surface area contributed by atoms with Gasteiger partial charge >= 0.3 is 0 Å². The van der Waals surface area contributed by atoms with Crippen LogP contribution in [0.5, 0.6) is 17.2 Å². The van der Waals surface area contributed by atoms with Gasteiger partial charge in [-0.1, -0.05) is 25.5 Å². The molecule has 4 heteroatoms. The molecule has 0 aliphatic carbocycles. The first kappa shape index (κ1) is 17.7. The lowest BCUT2D eigenvalue weighted by Crippen LogP contribution is -2.08. The Labute approximate surface area is 143 Å². The number of nitrogens with zero attached hydrogens (tertiary/aromatic N) is 1. The Hall–Kier alpha value is -2.67. The van der Waals surface area contributed by atoms with Gasteiger partial charge in [0.25, 0.3) is 0 Å². The molecule has 0 radical (unpaired) electrons. The largest absolute Gasteiger partial charge is 0.493 e. The summed E-state index contributed by atoms with van der Waals surface area (Å²) < 4.78 is 16.8. The summed E-state index contributed by atoms with van der Waals surface area (Å²) in [6.07, 6.45) is 3.02. The smallest absolute Gasteiger partial charge is 0.164 e. The maximum atomic E-state index is 8.94. The summed E-state index contributed by atoms with van der Waals surface area (Å²) in [5.41, 5.74) is 1.72. The maximum Gasteiger partial charge on any atom is 0.164 e. The zero-order valence-corrected chi connectivity index (χ0v) is 14.4. The molecule has 0 heterocycles. The van der Waals surface area contributed by atoms with Crippen LogP contribution in [0.25, 0.3) is 0 Å². The van der Waals surface area contributed by atoms with Gasteiger partial charge in [-0.25, -0.2) is 0 Å². The fourth-order valence-electron chi connectivity index (χ4n) is 2.51. The Kier molecular flexibility index (Phi) is 6.51. The Morgan fingerprint density at radius 1 is 1.00 bits per heavy atom. The SMILES string of the molecule is CCCCC(Oc1ccc(OC)c(OC)c1)c1ccc(C#N)cc1. The van der Waals surface area contributed by atoms with Gasteiger partial charge in [0.15, 0.2) is 11.5 Å². The summed E-state index contributed by atoms with van der Waals surface area (Å²) in [6.45, 7) is 2.16. The van der Waals surface area contributed by atoms with Crippen molar-refractivity contribution in [2.24, 2.45) is 0 Å². The minimum absolute atomic E-state index is 0.0595. The highest BCUT2D eigenvalue weighted by atomic mass is 16.5. The Balaban J connectivity index is 2.23. The molecule has 0 aliphatic rings. The molecule has 0 saturated carbocycles. The molecule has 2 rings (SSSR count). The summed E-state index contributed by atoms with van der Waals surface area (Å²) in [5.74, 6) is 2.05. The fourth-order valence-corrected chi connectivity index (χ4v) is 2.51. The first-order valence-electron chi connectivity index (χ1n) is 8.10. The minimum atomic E-state index is -0.0595. The quantitative estimate of drug-likeness (QED) is 0.693. The van der Waals surface area contributed by atoms with E-state index < -0.39 is 0 Å². The van der Waals surface area contributed by atoms with Crippen LogP contribution in [-0.4, -0.2) is 14.2 Å². The molecule has 1 unspecified atom stereocenters. The number of ether oxygens (including phenoxy) is 3. The number of unbranched alkanes of at least 4 members (excludes halogenated alkanes) is 1. The highest BCUT2D eigenvalue weighted by Crippen LogP contribution is 2.34. The standard InChI is InChI=1S/C20H23NO3/c1-4-5-6-18(16-9-7-15(14-21)8-10-16)24-17-11-12-19(22-2)20(13-17)23-3/h7-13,18H,4-6H2,1-3H3. The van der Waals surface area contributed by atoms with Crippen molar-refractivity contribution in [3.63, 3.8) is 0 Å². The van der Waals surface area contributed by atoms with E-state index in [0.29, 0.717) is 17.1 Å². The summed E-state index contributed by atoms with van der Waals surface area (Å²) in [5, 5.41) is 8.94. The number of methoxy groups -OCH3 is 2. The van der Waals surface area contributed by atoms with E-state index in [0.717, 1.165) is 30.6 Å². The van der Waals surface area contributed by atoms with Crippen LogP contribution in [0, 0.1) is 11.3 Å². The van der Waals surface area contributed by atoms with Crippen LogP contribution in [-0.2, 0) is 0 Å². The second-order valence-corrected chi connectivity index (χ2v) is 5.50. The van der Waals surface area contributed by atoms with Crippen LogP contribution in [0.3, 0.4) is 0 Å². The van der Waals surface area contributed by atoms with Gasteiger partial charge in [-0.2, -0.15) is 5.26 Å². The zero-order valence-electron chi connectivity index (χ0n) is 14.4. The van der Waals surface area contributed by atoms with Gasteiger partial charge in [-0.05, 0) is 42.7 Å². The van der Waals surface area contributed by atoms with E-state index in [9.17, 15) is 0 Å². The molecule has 0 saturated heterocycles. The molecular formula is C20H23NO3. The van der Waals surface area contributed by atoms with Gasteiger partial charge in [0, 0.05) is 6.07 Å². The molecule has 0 aliphatic heterocycles. The van der Waals surface area contributed by atoms with E-state index in [2.05, 4.69) is 13.0 Å². The van der Waals surface area contributed by atoms with E-state index in [1.807, 2.05) is 42.5 Å². The lowest BCUT2D eigenvalue weighted by atomic mass is 10.0. The third kappa shape index (κ3) is 4.42. The molecule has 1 atom stereocenters. The lowest BCUT2D eigenvalue weighted by molar-refractivity contribution is 0.190. The molecule has 126 valence electrons. The molecule has 0 bridgehead atoms. The fraction of sp³-hybridized carbons (Fsp3) is 0.350. The number of hydrogen-bond donors (Lipinski definition) is 0. The van der Waals surface area contributed by atoms with Crippen LogP contribution in [0.4, 0.5) is 0 Å².